The van der Waals surface area contributed by atoms with E-state index in [1.807, 2.05) is 24.3 Å². The molecule has 4 aromatic carbocycles. The van der Waals surface area contributed by atoms with Crippen LogP contribution in [0.5, 0.6) is 0 Å². The highest BCUT2D eigenvalue weighted by molar-refractivity contribution is 5.88. The van der Waals surface area contributed by atoms with Gasteiger partial charge in [-0.15, -0.1) is 0 Å². The number of rotatable bonds is 17. The molecule has 69 heavy (non-hydrogen) atoms. The van der Waals surface area contributed by atoms with E-state index in [-0.39, 0.29) is 101 Å². The molecule has 4 aromatic heterocycles. The van der Waals surface area contributed by atoms with Gasteiger partial charge in [-0.2, -0.15) is 18.3 Å². The number of aryl methyl sites for hydroxylation is 6. The van der Waals surface area contributed by atoms with Crippen LogP contribution in [0.15, 0.2) is 146 Å². The summed E-state index contributed by atoms with van der Waals surface area (Å²) in [4.78, 5) is 0. The smallest absolute Gasteiger partial charge is 0.214 e. The van der Waals surface area contributed by atoms with Crippen molar-refractivity contribution in [2.45, 2.75) is 117 Å². The summed E-state index contributed by atoms with van der Waals surface area (Å²) in [6, 6.07) is 46.8. The molecule has 6 N–H and O–H groups in total. The van der Waals surface area contributed by atoms with Gasteiger partial charge in [0, 0.05) is 112 Å². The zero-order chi connectivity index (χ0) is 44.4. The van der Waals surface area contributed by atoms with Crippen molar-refractivity contribution in [2.24, 2.45) is 0 Å². The first-order chi connectivity index (χ1) is 31.5. The summed E-state index contributed by atoms with van der Waals surface area (Å²) in [5.74, 6) is 12.4. The van der Waals surface area contributed by atoms with Crippen molar-refractivity contribution in [3.63, 3.8) is 0 Å². The van der Waals surface area contributed by atoms with E-state index in [0.29, 0.717) is 0 Å². The molecule has 8 aromatic rings. The number of benzene rings is 4. The molecule has 0 aliphatic carbocycles. The number of nitrogens with two attached hydrogens (primary N) is 2. The molecule has 0 amide bonds. The average Bonchev–Trinajstić information content (AvgIpc) is 3.32. The van der Waals surface area contributed by atoms with E-state index in [1.165, 1.54) is 95.6 Å². The minimum absolute atomic E-state index is 0. The number of anilines is 2. The number of para-hydroxylation sites is 4. The van der Waals surface area contributed by atoms with Gasteiger partial charge in [0.1, 0.15) is 26.2 Å². The van der Waals surface area contributed by atoms with Gasteiger partial charge >= 0.3 is 0 Å². The van der Waals surface area contributed by atoms with E-state index < -0.39 is 0 Å². The van der Waals surface area contributed by atoms with Gasteiger partial charge in [-0.1, -0.05) is 86.1 Å². The third-order valence-corrected chi connectivity index (χ3v) is 12.3. The van der Waals surface area contributed by atoms with E-state index >= 15 is 0 Å². The Bertz CT molecular complexity index is 2750. The second-order valence-corrected chi connectivity index (χ2v) is 17.0. The lowest BCUT2D eigenvalue weighted by molar-refractivity contribution is -0.677. The summed E-state index contributed by atoms with van der Waals surface area (Å²) in [6.07, 6.45) is 18.8. The van der Waals surface area contributed by atoms with E-state index in [0.717, 1.165) is 74.0 Å². The number of pyridine rings is 4. The molecule has 7 nitrogen and oxygen atoms in total. The number of nitrogen functional groups attached to an aromatic ring is 2. The standard InChI is InChI=1S/C30H30N4.C28H34N2.4HI.H2O/c1-23-21-27(31)25-15-9-11-17-29(25)33(23)19-13-7-5-3-4-6-8-14-20-34-24(2)22-28(32)26-16-10-12-18-30(26)34;1(3-5-11-21-29-23-13-17-25-15-7-9-19-27(25)29)2-4-6-12-22-30-24-14-18-26-16-8-10-20-28(26)30;;;;;/h9-12,15-18,21-22,31-32H,7-8,13-14,19-20H2,1-2H3;7-10,13-20,23-24H,1-6,11-12,21-22H2;4*1H;1H2/q;+2;;;;;/p-2. The largest absolute Gasteiger partial charge is 1.00 e. The minimum atomic E-state index is 0. The predicted molar refractivity (Wildman–Crippen MR) is 269 cm³/mol. The Balaban J connectivity index is 0.000000444. The van der Waals surface area contributed by atoms with Crippen molar-refractivity contribution in [3.05, 3.63) is 157 Å². The molecule has 0 atom stereocenters. The summed E-state index contributed by atoms with van der Waals surface area (Å²) in [7, 11) is 0. The van der Waals surface area contributed by atoms with Crippen LogP contribution < -0.4 is 126 Å². The van der Waals surface area contributed by atoms with Crippen LogP contribution in [0, 0.1) is 37.5 Å². The molecule has 0 aliphatic heterocycles. The fourth-order valence-corrected chi connectivity index (χ4v) is 8.96. The van der Waals surface area contributed by atoms with Crippen molar-refractivity contribution in [2.75, 3.05) is 11.5 Å². The highest BCUT2D eigenvalue weighted by Crippen LogP contribution is 2.20. The van der Waals surface area contributed by atoms with Crippen LogP contribution >= 0.6 is 0 Å². The van der Waals surface area contributed by atoms with Crippen molar-refractivity contribution in [1.82, 2.24) is 0 Å². The monoisotopic (exact) mass is 1370 g/mol. The molecule has 0 fully saturated rings. The maximum Gasteiger partial charge on any atom is 0.214 e. The van der Waals surface area contributed by atoms with Crippen LogP contribution in [0.4, 0.5) is 11.4 Å². The Morgan fingerprint density at radius 2 is 0.725 bits per heavy atom. The molecule has 0 saturated carbocycles. The Hall–Kier alpha value is -3.88. The van der Waals surface area contributed by atoms with Crippen molar-refractivity contribution < 1.29 is 120 Å². The molecule has 0 aliphatic rings. The lowest BCUT2D eigenvalue weighted by Gasteiger charge is -2.06. The fraction of sp³-hybridized carbons (Fsp3) is 0.310. The molecular formula is C58H68I4N6O. The number of hydrogen-bond acceptors (Lipinski definition) is 2. The van der Waals surface area contributed by atoms with Gasteiger partial charge in [0.25, 0.3) is 0 Å². The van der Waals surface area contributed by atoms with E-state index in [2.05, 4.69) is 177 Å². The molecule has 4 heterocycles. The van der Waals surface area contributed by atoms with Crippen molar-refractivity contribution in [1.29, 1.82) is 0 Å². The van der Waals surface area contributed by atoms with Crippen molar-refractivity contribution in [3.8, 4) is 23.7 Å². The van der Waals surface area contributed by atoms with E-state index in [9.17, 15) is 0 Å². The number of unbranched alkanes of at least 4 members (excludes halogenated alkanes) is 9. The van der Waals surface area contributed by atoms with Crippen LogP contribution in [0.2, 0.25) is 0 Å². The third kappa shape index (κ3) is 17.7. The molecule has 0 unspecified atom stereocenters. The zero-order valence-corrected chi connectivity index (χ0v) is 48.8. The van der Waals surface area contributed by atoms with Gasteiger partial charge in [-0.05, 0) is 61.1 Å². The number of nitrogens with zero attached hydrogens (tertiary/aromatic N) is 4. The highest BCUT2D eigenvalue weighted by Gasteiger charge is 2.16. The number of fused-ring (bicyclic) bond motifs is 4. The molecule has 0 saturated heterocycles. The molecule has 0 radical (unpaired) electrons. The Morgan fingerprint density at radius 1 is 0.391 bits per heavy atom. The average molecular weight is 1370 g/mol. The first-order valence-electron chi connectivity index (χ1n) is 23.5. The second-order valence-electron chi connectivity index (χ2n) is 17.0. The molecule has 11 heteroatoms. The quantitative estimate of drug-likeness (QED) is 0.0488. The van der Waals surface area contributed by atoms with Gasteiger partial charge < -0.3 is 113 Å². The molecule has 364 valence electrons. The molecule has 8 rings (SSSR count). The number of aromatic nitrogens is 4. The lowest BCUT2D eigenvalue weighted by atomic mass is 10.1. The van der Waals surface area contributed by atoms with Gasteiger partial charge in [0.2, 0.25) is 22.1 Å². The third-order valence-electron chi connectivity index (χ3n) is 12.3. The van der Waals surface area contributed by atoms with Crippen LogP contribution in [0.25, 0.3) is 43.6 Å². The lowest BCUT2D eigenvalue weighted by Crippen LogP contribution is -3.00. The van der Waals surface area contributed by atoms with Gasteiger partial charge in [-0.25, -0.2) is 0 Å². The van der Waals surface area contributed by atoms with Crippen molar-refractivity contribution >= 4 is 55.0 Å². The normalized spacial score (nSPS) is 10.1. The summed E-state index contributed by atoms with van der Waals surface area (Å²) >= 11 is 0. The van der Waals surface area contributed by atoms with Crippen LogP contribution in [-0.4, -0.2) is 5.48 Å². The molecule has 0 bridgehead atoms. The highest BCUT2D eigenvalue weighted by atomic mass is 127. The zero-order valence-electron chi connectivity index (χ0n) is 40.1. The van der Waals surface area contributed by atoms with Gasteiger partial charge in [0.15, 0.2) is 23.8 Å². The Kier molecular flexibility index (Phi) is 29.2. The maximum absolute atomic E-state index is 6.18. The molecular weight excluding hydrogens is 1300 g/mol. The topological polar surface area (TPSA) is 99.1 Å². The van der Waals surface area contributed by atoms with Gasteiger partial charge in [-0.3, -0.25) is 0 Å². The van der Waals surface area contributed by atoms with Gasteiger partial charge in [0.05, 0.1) is 22.1 Å². The Labute approximate surface area is 479 Å². The van der Waals surface area contributed by atoms with Crippen LogP contribution in [-0.2, 0) is 26.2 Å². The number of halogens is 4. The molecule has 0 spiro atoms. The minimum Gasteiger partial charge on any atom is -1.00 e. The first kappa shape index (κ1) is 61.2. The number of hydrogen-bond donors (Lipinski definition) is 2. The fourth-order valence-electron chi connectivity index (χ4n) is 8.96. The summed E-state index contributed by atoms with van der Waals surface area (Å²) in [6.45, 7) is 8.30. The van der Waals surface area contributed by atoms with E-state index in [1.54, 1.807) is 0 Å². The van der Waals surface area contributed by atoms with Crippen LogP contribution in [0.3, 0.4) is 0 Å². The summed E-state index contributed by atoms with van der Waals surface area (Å²) in [5, 5.41) is 4.87. The van der Waals surface area contributed by atoms with E-state index in [4.69, 9.17) is 11.5 Å². The van der Waals surface area contributed by atoms with Crippen LogP contribution in [0.1, 0.15) is 88.4 Å². The summed E-state index contributed by atoms with van der Waals surface area (Å²) in [5.41, 5.74) is 21.4. The predicted octanol–water partition coefficient (Wildman–Crippen LogP) is -1.80. The first-order valence-corrected chi connectivity index (χ1v) is 23.5. The summed E-state index contributed by atoms with van der Waals surface area (Å²) < 4.78 is 9.44. The Morgan fingerprint density at radius 3 is 1.13 bits per heavy atom. The second kappa shape index (κ2) is 32.9. The maximum atomic E-state index is 6.18. The SMILES string of the molecule is Cc1cc(N)c2ccccc2[n+]1CCCC#CC#CCCC[n+]1c(C)cc(N)c2ccccc21.O.[I-].[I-].[I-].[I-].c1ccc2c(c1)ccc[n+]2CCCCCCCCCC[n+]1cccc2ccccc21.